The smallest absolute Gasteiger partial charge is 0.0719 e. The Kier molecular flexibility index (Phi) is 6.33. The quantitative estimate of drug-likeness (QED) is 0.200. The Bertz CT molecular complexity index is 2320. The average Bonchev–Trinajstić information content (AvgIpc) is 3.83. The fraction of sp³-hybridized carbons (Fsp3) is 0.125. The van der Waals surface area contributed by atoms with E-state index in [9.17, 15) is 0 Å². The summed E-state index contributed by atoms with van der Waals surface area (Å²) >= 11 is 0. The zero-order chi connectivity index (χ0) is 32.4. The van der Waals surface area contributed by atoms with Gasteiger partial charge in [-0.15, -0.1) is 0 Å². The lowest BCUT2D eigenvalue weighted by Gasteiger charge is -2.52. The van der Waals surface area contributed by atoms with Crippen LogP contribution in [-0.4, -0.2) is 0 Å². The van der Waals surface area contributed by atoms with Gasteiger partial charge in [0.25, 0.3) is 0 Å². The SMILES string of the molecule is C1=CCC(C2(c3ccccc3-c3ccc(C4CC=CN4)cc3)c3ccccc3C3(c4ccccc4)c4ccccc4-c4cccc2c43)C=C1. The Morgan fingerprint density at radius 3 is 1.92 bits per heavy atom. The minimum atomic E-state index is -0.435. The van der Waals surface area contributed by atoms with Crippen LogP contribution in [0.3, 0.4) is 0 Å². The van der Waals surface area contributed by atoms with Gasteiger partial charge in [0.2, 0.25) is 0 Å². The van der Waals surface area contributed by atoms with Gasteiger partial charge < -0.3 is 5.32 Å². The first-order valence-electron chi connectivity index (χ1n) is 17.7. The molecule has 10 rings (SSSR count). The molecular weight excluding hydrogens is 591 g/mol. The van der Waals surface area contributed by atoms with Crippen LogP contribution in [0.25, 0.3) is 22.3 Å². The minimum absolute atomic E-state index is 0.219. The van der Waals surface area contributed by atoms with Crippen LogP contribution < -0.4 is 5.32 Å². The molecule has 0 spiro atoms. The Morgan fingerprint density at radius 2 is 1.16 bits per heavy atom. The maximum absolute atomic E-state index is 3.51. The zero-order valence-electron chi connectivity index (χ0n) is 27.4. The monoisotopic (exact) mass is 627 g/mol. The third kappa shape index (κ3) is 3.82. The normalized spacial score (nSPS) is 23.8. The Labute approximate surface area is 289 Å². The van der Waals surface area contributed by atoms with Gasteiger partial charge in [0.1, 0.15) is 0 Å². The van der Waals surface area contributed by atoms with Crippen LogP contribution in [0.2, 0.25) is 0 Å². The zero-order valence-corrected chi connectivity index (χ0v) is 27.4. The average molecular weight is 628 g/mol. The van der Waals surface area contributed by atoms with Crippen molar-refractivity contribution in [2.24, 2.45) is 5.92 Å². The maximum atomic E-state index is 3.51. The highest BCUT2D eigenvalue weighted by molar-refractivity contribution is 5.91. The van der Waals surface area contributed by atoms with E-state index in [1.54, 1.807) is 0 Å². The lowest BCUT2D eigenvalue weighted by Crippen LogP contribution is -2.47. The molecule has 0 saturated carbocycles. The van der Waals surface area contributed by atoms with Crippen molar-refractivity contribution in [3.05, 3.63) is 227 Å². The van der Waals surface area contributed by atoms with Crippen molar-refractivity contribution in [1.29, 1.82) is 0 Å². The van der Waals surface area contributed by atoms with Gasteiger partial charge in [-0.25, -0.2) is 0 Å². The molecule has 1 aliphatic heterocycles. The number of benzene rings is 6. The third-order valence-electron chi connectivity index (χ3n) is 11.7. The Hall–Kier alpha value is -5.66. The van der Waals surface area contributed by atoms with E-state index in [0.717, 1.165) is 12.8 Å². The first kappa shape index (κ1) is 28.4. The van der Waals surface area contributed by atoms with E-state index in [0.29, 0.717) is 6.04 Å². The van der Waals surface area contributed by atoms with Gasteiger partial charge in [-0.3, -0.25) is 0 Å². The standard InChI is InChI=1S/C48H37N/c1-3-15-35(16-4-1)47(40-22-9-7-19-37(40)33-28-30-34(31-29-33)45-27-14-32-49-45)42-24-11-12-25-43(42)48(36-17-5-2-6-18-36)41-23-10-8-20-38(41)39-21-13-26-44(47)46(39)48/h1-15,17-26,28-32,35,45,49H,16,27H2. The number of allylic oxidation sites excluding steroid dienone is 4. The highest BCUT2D eigenvalue weighted by atomic mass is 14.9. The van der Waals surface area contributed by atoms with Crippen molar-refractivity contribution in [1.82, 2.24) is 5.32 Å². The fourth-order valence-electron chi connectivity index (χ4n) is 9.86. The van der Waals surface area contributed by atoms with Gasteiger partial charge >= 0.3 is 0 Å². The van der Waals surface area contributed by atoms with Gasteiger partial charge in [-0.05, 0) is 91.7 Å². The largest absolute Gasteiger partial charge is 0.384 e. The van der Waals surface area contributed by atoms with Gasteiger partial charge in [-0.1, -0.05) is 176 Å². The number of hydrogen-bond acceptors (Lipinski definition) is 1. The highest BCUT2D eigenvalue weighted by Crippen LogP contribution is 2.66. The molecule has 0 fully saturated rings. The first-order chi connectivity index (χ1) is 24.3. The van der Waals surface area contributed by atoms with Crippen molar-refractivity contribution in [3.63, 3.8) is 0 Å². The molecule has 4 atom stereocenters. The molecule has 234 valence electrons. The molecule has 3 aliphatic carbocycles. The topological polar surface area (TPSA) is 12.0 Å². The molecular formula is C48H37N. The summed E-state index contributed by atoms with van der Waals surface area (Å²) < 4.78 is 0. The Balaban J connectivity index is 1.32. The summed E-state index contributed by atoms with van der Waals surface area (Å²) in [6.45, 7) is 0. The lowest BCUT2D eigenvalue weighted by molar-refractivity contribution is 0.424. The van der Waals surface area contributed by atoms with E-state index >= 15 is 0 Å². The van der Waals surface area contributed by atoms with Gasteiger partial charge in [0.05, 0.1) is 16.9 Å². The van der Waals surface area contributed by atoms with Crippen molar-refractivity contribution in [2.75, 3.05) is 0 Å². The van der Waals surface area contributed by atoms with Gasteiger partial charge in [0, 0.05) is 0 Å². The molecule has 4 unspecified atom stereocenters. The second kappa shape index (κ2) is 10.9. The molecule has 1 N–H and O–H groups in total. The maximum Gasteiger partial charge on any atom is 0.0719 e. The molecule has 0 amide bonds. The second-order valence-corrected chi connectivity index (χ2v) is 13.9. The van der Waals surface area contributed by atoms with Crippen molar-refractivity contribution < 1.29 is 0 Å². The number of rotatable bonds is 5. The van der Waals surface area contributed by atoms with Crippen LogP contribution >= 0.6 is 0 Å². The highest BCUT2D eigenvalue weighted by Gasteiger charge is 2.59. The summed E-state index contributed by atoms with van der Waals surface area (Å²) in [5.74, 6) is 0.219. The van der Waals surface area contributed by atoms with Crippen LogP contribution in [0.1, 0.15) is 63.4 Å². The molecule has 6 aromatic carbocycles. The minimum Gasteiger partial charge on any atom is -0.384 e. The summed E-state index contributed by atoms with van der Waals surface area (Å²) in [6, 6.07) is 55.9. The molecule has 49 heavy (non-hydrogen) atoms. The number of fused-ring (bicyclic) bond motifs is 5. The lowest BCUT2D eigenvalue weighted by atomic mass is 9.49. The molecule has 1 nitrogen and oxygen atoms in total. The fourth-order valence-corrected chi connectivity index (χ4v) is 9.86. The van der Waals surface area contributed by atoms with Crippen LogP contribution in [0, 0.1) is 5.92 Å². The summed E-state index contributed by atoms with van der Waals surface area (Å²) in [5, 5.41) is 3.51. The second-order valence-electron chi connectivity index (χ2n) is 13.9. The van der Waals surface area contributed by atoms with Crippen LogP contribution in [0.15, 0.2) is 182 Å². The van der Waals surface area contributed by atoms with Gasteiger partial charge in [0.15, 0.2) is 0 Å². The molecule has 4 aliphatic rings. The molecule has 0 bridgehead atoms. The molecule has 1 heteroatoms. The van der Waals surface area contributed by atoms with Crippen molar-refractivity contribution in [2.45, 2.75) is 29.7 Å². The van der Waals surface area contributed by atoms with Gasteiger partial charge in [-0.2, -0.15) is 0 Å². The number of hydrogen-bond donors (Lipinski definition) is 1. The predicted molar refractivity (Wildman–Crippen MR) is 202 cm³/mol. The van der Waals surface area contributed by atoms with E-state index in [1.807, 2.05) is 0 Å². The summed E-state index contributed by atoms with van der Waals surface area (Å²) in [5.41, 5.74) is 15.4. The van der Waals surface area contributed by atoms with Crippen LogP contribution in [0.4, 0.5) is 0 Å². The summed E-state index contributed by atoms with van der Waals surface area (Å²) in [7, 11) is 0. The molecule has 6 aromatic rings. The van der Waals surface area contributed by atoms with E-state index < -0.39 is 10.8 Å². The summed E-state index contributed by atoms with van der Waals surface area (Å²) in [4.78, 5) is 0. The first-order valence-corrected chi connectivity index (χ1v) is 17.7. The van der Waals surface area contributed by atoms with E-state index in [-0.39, 0.29) is 5.92 Å². The number of nitrogens with one attached hydrogen (secondary N) is 1. The van der Waals surface area contributed by atoms with Crippen molar-refractivity contribution >= 4 is 0 Å². The third-order valence-corrected chi connectivity index (χ3v) is 11.7. The Morgan fingerprint density at radius 1 is 0.490 bits per heavy atom. The van der Waals surface area contributed by atoms with E-state index in [2.05, 4.69) is 187 Å². The van der Waals surface area contributed by atoms with E-state index in [4.69, 9.17) is 0 Å². The van der Waals surface area contributed by atoms with Crippen LogP contribution in [0.5, 0.6) is 0 Å². The predicted octanol–water partition coefficient (Wildman–Crippen LogP) is 11.0. The van der Waals surface area contributed by atoms with E-state index in [1.165, 1.54) is 66.8 Å². The molecule has 0 radical (unpaired) electrons. The van der Waals surface area contributed by atoms with Crippen LogP contribution in [-0.2, 0) is 10.8 Å². The molecule has 0 saturated heterocycles. The summed E-state index contributed by atoms with van der Waals surface area (Å²) in [6.07, 6.45) is 15.6. The van der Waals surface area contributed by atoms with Crippen molar-refractivity contribution in [3.8, 4) is 22.3 Å². The molecule has 1 heterocycles. The molecule has 0 aromatic heterocycles.